The zero-order valence-corrected chi connectivity index (χ0v) is 10.1. The topological polar surface area (TPSA) is 63.4 Å². The zero-order chi connectivity index (χ0) is 13.0. The Balaban J connectivity index is 2.20. The van der Waals surface area contributed by atoms with Gasteiger partial charge in [-0.1, -0.05) is 42.5 Å². The van der Waals surface area contributed by atoms with Gasteiger partial charge in [0.25, 0.3) is 6.04 Å². The monoisotopic (exact) mass is 247 g/mol. The van der Waals surface area contributed by atoms with E-state index in [4.69, 9.17) is 0 Å². The second-order valence-electron chi connectivity index (χ2n) is 4.68. The highest BCUT2D eigenvalue weighted by Gasteiger charge is 2.36. The molecule has 1 N–H and O–H groups in total. The van der Waals surface area contributed by atoms with Crippen LogP contribution in [0.4, 0.5) is 0 Å². The number of aliphatic hydroxyl groups excluding tert-OH is 1. The summed E-state index contributed by atoms with van der Waals surface area (Å²) in [4.78, 5) is 10.8. The molecule has 1 aromatic rings. The summed E-state index contributed by atoms with van der Waals surface area (Å²) in [5.74, 6) is -0.0226. The van der Waals surface area contributed by atoms with Crippen LogP contribution in [0.15, 0.2) is 42.5 Å². The molecule has 0 saturated heterocycles. The van der Waals surface area contributed by atoms with Gasteiger partial charge in [-0.05, 0) is 25.2 Å². The molecule has 1 aliphatic rings. The molecule has 4 nitrogen and oxygen atoms in total. The summed E-state index contributed by atoms with van der Waals surface area (Å²) in [5.41, 5.74) is 0.574. The van der Waals surface area contributed by atoms with Gasteiger partial charge in [0.1, 0.15) is 6.10 Å². The minimum Gasteiger partial charge on any atom is -0.385 e. The van der Waals surface area contributed by atoms with Gasteiger partial charge < -0.3 is 5.11 Å². The summed E-state index contributed by atoms with van der Waals surface area (Å²) in [6, 6.07) is 7.72. The third kappa shape index (κ3) is 2.76. The first kappa shape index (κ1) is 12.8. The standard InChI is InChI=1S/C14H17NO3/c16-14(12-9-5-2-6-10-12)13(15(17)18)11-7-3-1-4-8-11/h1-5,7-8,12-14,16H,6,9-10H2. The Kier molecular flexibility index (Phi) is 4.10. The van der Waals surface area contributed by atoms with E-state index in [0.717, 1.165) is 19.3 Å². The minimum atomic E-state index is -1.03. The molecule has 1 aromatic carbocycles. The highest BCUT2D eigenvalue weighted by Crippen LogP contribution is 2.31. The third-order valence-corrected chi connectivity index (χ3v) is 3.48. The molecule has 0 amide bonds. The Morgan fingerprint density at radius 3 is 2.56 bits per heavy atom. The van der Waals surface area contributed by atoms with Gasteiger partial charge in [0.2, 0.25) is 0 Å². The Morgan fingerprint density at radius 1 is 1.28 bits per heavy atom. The smallest absolute Gasteiger partial charge is 0.263 e. The van der Waals surface area contributed by atoms with Crippen LogP contribution < -0.4 is 0 Å². The molecule has 0 aromatic heterocycles. The van der Waals surface area contributed by atoms with E-state index >= 15 is 0 Å². The van der Waals surface area contributed by atoms with Crippen molar-refractivity contribution in [3.05, 3.63) is 58.2 Å². The maximum absolute atomic E-state index is 11.2. The number of allylic oxidation sites excluding steroid dienone is 2. The molecule has 0 fully saturated rings. The summed E-state index contributed by atoms with van der Waals surface area (Å²) < 4.78 is 0. The number of hydrogen-bond acceptors (Lipinski definition) is 3. The van der Waals surface area contributed by atoms with Crippen molar-refractivity contribution in [3.63, 3.8) is 0 Å². The lowest BCUT2D eigenvalue weighted by atomic mass is 9.84. The summed E-state index contributed by atoms with van der Waals surface area (Å²) in [5, 5.41) is 21.5. The van der Waals surface area contributed by atoms with Crippen LogP contribution in [0.25, 0.3) is 0 Å². The van der Waals surface area contributed by atoms with Gasteiger partial charge in [0.15, 0.2) is 0 Å². The van der Waals surface area contributed by atoms with Gasteiger partial charge in [-0.2, -0.15) is 0 Å². The van der Waals surface area contributed by atoms with Gasteiger partial charge >= 0.3 is 0 Å². The molecule has 18 heavy (non-hydrogen) atoms. The fourth-order valence-corrected chi connectivity index (χ4v) is 2.48. The molecule has 0 bridgehead atoms. The molecular formula is C14H17NO3. The molecule has 3 atom stereocenters. The molecule has 0 aliphatic heterocycles. The first-order valence-electron chi connectivity index (χ1n) is 6.21. The van der Waals surface area contributed by atoms with Crippen molar-refractivity contribution in [2.75, 3.05) is 0 Å². The Hall–Kier alpha value is -1.68. The summed E-state index contributed by atoms with van der Waals surface area (Å²) in [6.45, 7) is 0. The van der Waals surface area contributed by atoms with Crippen molar-refractivity contribution in [2.45, 2.75) is 31.4 Å². The fourth-order valence-electron chi connectivity index (χ4n) is 2.48. The number of nitrogens with zero attached hydrogens (tertiary/aromatic N) is 1. The van der Waals surface area contributed by atoms with Crippen LogP contribution in [0.1, 0.15) is 30.9 Å². The SMILES string of the molecule is O=[N+]([O-])C(c1ccccc1)C(O)C1CC=CCC1. The van der Waals surface area contributed by atoms with E-state index in [1.807, 2.05) is 12.1 Å². The Bertz CT molecular complexity index is 430. The van der Waals surface area contributed by atoms with Crippen LogP contribution in [0, 0.1) is 16.0 Å². The average Bonchev–Trinajstić information content (AvgIpc) is 2.40. The maximum atomic E-state index is 11.2. The van der Waals surface area contributed by atoms with Crippen LogP contribution in [-0.2, 0) is 0 Å². The molecule has 0 spiro atoms. The van der Waals surface area contributed by atoms with Crippen molar-refractivity contribution in [2.24, 2.45) is 5.92 Å². The molecule has 0 heterocycles. The van der Waals surface area contributed by atoms with Crippen LogP contribution in [-0.4, -0.2) is 16.1 Å². The summed E-state index contributed by atoms with van der Waals surface area (Å²) >= 11 is 0. The quantitative estimate of drug-likeness (QED) is 0.505. The highest BCUT2D eigenvalue weighted by molar-refractivity contribution is 5.19. The van der Waals surface area contributed by atoms with Gasteiger partial charge in [0, 0.05) is 10.5 Å². The summed E-state index contributed by atoms with van der Waals surface area (Å²) in [6.07, 6.45) is 5.56. The Labute approximate surface area is 106 Å². The minimum absolute atomic E-state index is 0.0226. The maximum Gasteiger partial charge on any atom is 0.263 e. The zero-order valence-electron chi connectivity index (χ0n) is 10.1. The van der Waals surface area contributed by atoms with Crippen molar-refractivity contribution in [1.29, 1.82) is 0 Å². The molecule has 0 radical (unpaired) electrons. The first-order valence-corrected chi connectivity index (χ1v) is 6.21. The van der Waals surface area contributed by atoms with E-state index in [2.05, 4.69) is 6.08 Å². The van der Waals surface area contributed by atoms with Crippen molar-refractivity contribution >= 4 is 0 Å². The van der Waals surface area contributed by atoms with Gasteiger partial charge in [-0.25, -0.2) is 0 Å². The van der Waals surface area contributed by atoms with Gasteiger partial charge in [-0.15, -0.1) is 0 Å². The van der Waals surface area contributed by atoms with Crippen LogP contribution in [0.2, 0.25) is 0 Å². The first-order chi connectivity index (χ1) is 8.70. The summed E-state index contributed by atoms with van der Waals surface area (Å²) in [7, 11) is 0. The number of aliphatic hydroxyl groups is 1. The van der Waals surface area contributed by atoms with Crippen LogP contribution in [0.3, 0.4) is 0 Å². The normalized spacial score (nSPS) is 22.4. The lowest BCUT2D eigenvalue weighted by Crippen LogP contribution is -2.33. The highest BCUT2D eigenvalue weighted by atomic mass is 16.6. The van der Waals surface area contributed by atoms with Gasteiger partial charge in [-0.3, -0.25) is 10.1 Å². The van der Waals surface area contributed by atoms with Crippen LogP contribution >= 0.6 is 0 Å². The average molecular weight is 247 g/mol. The molecule has 4 heteroatoms. The molecule has 2 rings (SSSR count). The molecule has 3 unspecified atom stereocenters. The lowest BCUT2D eigenvalue weighted by molar-refractivity contribution is -0.543. The van der Waals surface area contributed by atoms with E-state index < -0.39 is 12.1 Å². The third-order valence-electron chi connectivity index (χ3n) is 3.48. The van der Waals surface area contributed by atoms with E-state index in [-0.39, 0.29) is 10.8 Å². The van der Waals surface area contributed by atoms with E-state index in [1.54, 1.807) is 24.3 Å². The van der Waals surface area contributed by atoms with E-state index in [0.29, 0.717) is 5.56 Å². The van der Waals surface area contributed by atoms with Gasteiger partial charge in [0.05, 0.1) is 0 Å². The van der Waals surface area contributed by atoms with Crippen molar-refractivity contribution in [1.82, 2.24) is 0 Å². The van der Waals surface area contributed by atoms with Crippen molar-refractivity contribution in [3.8, 4) is 0 Å². The molecule has 96 valence electrons. The largest absolute Gasteiger partial charge is 0.385 e. The predicted octanol–water partition coefficient (Wildman–Crippen LogP) is 2.72. The lowest BCUT2D eigenvalue weighted by Gasteiger charge is -2.26. The number of benzene rings is 1. The van der Waals surface area contributed by atoms with E-state index in [9.17, 15) is 15.2 Å². The second-order valence-corrected chi connectivity index (χ2v) is 4.68. The number of hydrogen-bond donors (Lipinski definition) is 1. The van der Waals surface area contributed by atoms with Crippen molar-refractivity contribution < 1.29 is 10.0 Å². The fraction of sp³-hybridized carbons (Fsp3) is 0.429. The number of nitro groups is 1. The molecule has 1 aliphatic carbocycles. The Morgan fingerprint density at radius 2 is 2.00 bits per heavy atom. The number of rotatable bonds is 4. The molecule has 0 saturated carbocycles. The van der Waals surface area contributed by atoms with E-state index in [1.165, 1.54) is 0 Å². The molecular weight excluding hydrogens is 230 g/mol. The predicted molar refractivity (Wildman–Crippen MR) is 68.7 cm³/mol. The second kappa shape index (κ2) is 5.78. The van der Waals surface area contributed by atoms with Crippen LogP contribution in [0.5, 0.6) is 0 Å².